The van der Waals surface area contributed by atoms with Crippen molar-refractivity contribution in [2.75, 3.05) is 13.2 Å². The van der Waals surface area contributed by atoms with E-state index in [2.05, 4.69) is 21.2 Å². The number of benzene rings is 1. The summed E-state index contributed by atoms with van der Waals surface area (Å²) >= 11 is 3.15. The summed E-state index contributed by atoms with van der Waals surface area (Å²) in [4.78, 5) is 11.9. The van der Waals surface area contributed by atoms with Gasteiger partial charge in [-0.1, -0.05) is 0 Å². The van der Waals surface area contributed by atoms with Gasteiger partial charge in [0.15, 0.2) is 0 Å². The molecule has 2 rings (SSSR count). The van der Waals surface area contributed by atoms with E-state index in [0.29, 0.717) is 23.1 Å². The fraction of sp³-hybridized carbons (Fsp3) is 0.462. The van der Waals surface area contributed by atoms with Crippen LogP contribution in [0.15, 0.2) is 22.7 Å². The fourth-order valence-electron chi connectivity index (χ4n) is 1.99. The summed E-state index contributed by atoms with van der Waals surface area (Å²) in [5, 5.41) is 22.4. The van der Waals surface area contributed by atoms with Gasteiger partial charge in [-0.05, 0) is 41.1 Å². The Balaban J connectivity index is 1.99. The Bertz CT molecular complexity index is 494. The number of halogens is 1. The van der Waals surface area contributed by atoms with E-state index in [-0.39, 0.29) is 24.3 Å². The highest BCUT2D eigenvalue weighted by Crippen LogP contribution is 2.26. The van der Waals surface area contributed by atoms with E-state index in [4.69, 9.17) is 4.74 Å². The van der Waals surface area contributed by atoms with Crippen molar-refractivity contribution in [3.8, 4) is 5.75 Å². The van der Waals surface area contributed by atoms with E-state index >= 15 is 0 Å². The predicted octanol–water partition coefficient (Wildman–Crippen LogP) is 1.42. The van der Waals surface area contributed by atoms with Crippen LogP contribution in [0, 0.1) is 0 Å². The SMILES string of the molecule is CC1OCCC1(O)CNC(=O)c1ccc(Br)c(O)c1. The van der Waals surface area contributed by atoms with E-state index < -0.39 is 5.60 Å². The van der Waals surface area contributed by atoms with Gasteiger partial charge in [-0.3, -0.25) is 4.79 Å². The van der Waals surface area contributed by atoms with Crippen LogP contribution in [0.1, 0.15) is 23.7 Å². The molecule has 0 spiro atoms. The molecule has 1 amide bonds. The van der Waals surface area contributed by atoms with Gasteiger partial charge in [-0.25, -0.2) is 0 Å². The molecule has 1 aromatic rings. The number of phenols is 1. The molecule has 0 radical (unpaired) electrons. The van der Waals surface area contributed by atoms with E-state index in [1.165, 1.54) is 6.07 Å². The first-order valence-corrected chi connectivity index (χ1v) is 6.82. The van der Waals surface area contributed by atoms with Crippen molar-refractivity contribution in [3.63, 3.8) is 0 Å². The van der Waals surface area contributed by atoms with Crippen molar-refractivity contribution < 1.29 is 19.7 Å². The zero-order valence-corrected chi connectivity index (χ0v) is 12.1. The van der Waals surface area contributed by atoms with Gasteiger partial charge in [-0.2, -0.15) is 0 Å². The molecule has 1 heterocycles. The third-order valence-corrected chi connectivity index (χ3v) is 4.09. The van der Waals surface area contributed by atoms with Crippen LogP contribution < -0.4 is 5.32 Å². The number of nitrogens with one attached hydrogen (secondary N) is 1. The number of phenolic OH excluding ortho intramolecular Hbond substituents is 1. The molecule has 3 N–H and O–H groups in total. The smallest absolute Gasteiger partial charge is 0.251 e. The van der Waals surface area contributed by atoms with E-state index in [9.17, 15) is 15.0 Å². The van der Waals surface area contributed by atoms with Crippen molar-refractivity contribution in [1.82, 2.24) is 5.32 Å². The Morgan fingerprint density at radius 3 is 2.95 bits per heavy atom. The summed E-state index contributed by atoms with van der Waals surface area (Å²) < 4.78 is 5.82. The quantitative estimate of drug-likeness (QED) is 0.783. The second kappa shape index (κ2) is 5.48. The Kier molecular flexibility index (Phi) is 4.13. The molecule has 0 saturated carbocycles. The van der Waals surface area contributed by atoms with Crippen LogP contribution in [0.3, 0.4) is 0 Å². The van der Waals surface area contributed by atoms with Crippen LogP contribution in [0.2, 0.25) is 0 Å². The molecule has 2 unspecified atom stereocenters. The van der Waals surface area contributed by atoms with Crippen molar-refractivity contribution in [2.45, 2.75) is 25.0 Å². The number of amides is 1. The van der Waals surface area contributed by atoms with Crippen molar-refractivity contribution >= 4 is 21.8 Å². The van der Waals surface area contributed by atoms with Gasteiger partial charge in [0.1, 0.15) is 11.4 Å². The minimum Gasteiger partial charge on any atom is -0.507 e. The Morgan fingerprint density at radius 2 is 2.37 bits per heavy atom. The lowest BCUT2D eigenvalue weighted by Gasteiger charge is -2.26. The molecular weight excluding hydrogens is 314 g/mol. The minimum absolute atomic E-state index is 0.00364. The molecule has 0 aliphatic carbocycles. The van der Waals surface area contributed by atoms with Gasteiger partial charge in [0, 0.05) is 25.1 Å². The average molecular weight is 330 g/mol. The fourth-order valence-corrected chi connectivity index (χ4v) is 2.24. The number of rotatable bonds is 3. The molecule has 6 heteroatoms. The maximum absolute atomic E-state index is 11.9. The van der Waals surface area contributed by atoms with Gasteiger partial charge >= 0.3 is 0 Å². The standard InChI is InChI=1S/C13H16BrNO4/c1-8-13(18,4-5-19-8)7-15-12(17)9-2-3-10(14)11(16)6-9/h2-3,6,8,16,18H,4-5,7H2,1H3,(H,15,17). The maximum atomic E-state index is 11.9. The van der Waals surface area contributed by atoms with Crippen molar-refractivity contribution in [2.24, 2.45) is 0 Å². The van der Waals surface area contributed by atoms with E-state index in [1.54, 1.807) is 19.1 Å². The van der Waals surface area contributed by atoms with Crippen LogP contribution in [0.4, 0.5) is 0 Å². The van der Waals surface area contributed by atoms with Crippen LogP contribution in [-0.2, 0) is 4.74 Å². The molecule has 0 aromatic heterocycles. The van der Waals surface area contributed by atoms with Crippen LogP contribution >= 0.6 is 15.9 Å². The molecule has 1 aliphatic heterocycles. The summed E-state index contributed by atoms with van der Waals surface area (Å²) in [5.74, 6) is -0.334. The zero-order valence-electron chi connectivity index (χ0n) is 10.5. The number of hydrogen-bond acceptors (Lipinski definition) is 4. The molecule has 1 aromatic carbocycles. The van der Waals surface area contributed by atoms with Crippen molar-refractivity contribution in [1.29, 1.82) is 0 Å². The highest BCUT2D eigenvalue weighted by atomic mass is 79.9. The first-order valence-electron chi connectivity index (χ1n) is 6.03. The molecule has 1 fully saturated rings. The number of carbonyl (C=O) groups is 1. The highest BCUT2D eigenvalue weighted by Gasteiger charge is 2.39. The third kappa shape index (κ3) is 3.08. The van der Waals surface area contributed by atoms with E-state index in [1.807, 2.05) is 0 Å². The molecule has 1 aliphatic rings. The molecule has 2 atom stereocenters. The Hall–Kier alpha value is -1.11. The molecule has 0 bridgehead atoms. The number of carbonyl (C=O) groups excluding carboxylic acids is 1. The van der Waals surface area contributed by atoms with Crippen LogP contribution in [-0.4, -0.2) is 41.0 Å². The number of aromatic hydroxyl groups is 1. The van der Waals surface area contributed by atoms with Crippen molar-refractivity contribution in [3.05, 3.63) is 28.2 Å². The van der Waals surface area contributed by atoms with Gasteiger partial charge in [0.05, 0.1) is 10.6 Å². The Morgan fingerprint density at radius 1 is 1.63 bits per heavy atom. The summed E-state index contributed by atoms with van der Waals surface area (Å²) in [5.41, 5.74) is -0.677. The molecule has 104 valence electrons. The van der Waals surface area contributed by atoms with Gasteiger partial charge in [0.25, 0.3) is 5.91 Å². The summed E-state index contributed by atoms with van der Waals surface area (Å²) in [6.07, 6.45) is 0.200. The zero-order chi connectivity index (χ0) is 14.0. The first-order chi connectivity index (χ1) is 8.92. The van der Waals surface area contributed by atoms with E-state index in [0.717, 1.165) is 0 Å². The lowest BCUT2D eigenvalue weighted by atomic mass is 9.96. The van der Waals surface area contributed by atoms with Crippen LogP contribution in [0.25, 0.3) is 0 Å². The highest BCUT2D eigenvalue weighted by molar-refractivity contribution is 9.10. The second-order valence-corrected chi connectivity index (χ2v) is 5.57. The Labute approximate surface area is 119 Å². The second-order valence-electron chi connectivity index (χ2n) is 4.72. The topological polar surface area (TPSA) is 78.8 Å². The maximum Gasteiger partial charge on any atom is 0.251 e. The predicted molar refractivity (Wildman–Crippen MR) is 73.1 cm³/mol. The largest absolute Gasteiger partial charge is 0.507 e. The lowest BCUT2D eigenvalue weighted by molar-refractivity contribution is -0.0251. The summed E-state index contributed by atoms with van der Waals surface area (Å²) in [6, 6.07) is 4.57. The van der Waals surface area contributed by atoms with Crippen LogP contribution in [0.5, 0.6) is 5.75 Å². The van der Waals surface area contributed by atoms with Gasteiger partial charge in [-0.15, -0.1) is 0 Å². The summed E-state index contributed by atoms with van der Waals surface area (Å²) in [6.45, 7) is 2.40. The molecule has 19 heavy (non-hydrogen) atoms. The average Bonchev–Trinajstić information content (AvgIpc) is 2.71. The minimum atomic E-state index is -1.02. The normalized spacial score (nSPS) is 26.4. The molecular formula is C13H16BrNO4. The first kappa shape index (κ1) is 14.3. The number of ether oxygens (including phenoxy) is 1. The number of aliphatic hydroxyl groups is 1. The van der Waals surface area contributed by atoms with Gasteiger partial charge in [0.2, 0.25) is 0 Å². The molecule has 5 nitrogen and oxygen atoms in total. The molecule has 1 saturated heterocycles. The third-order valence-electron chi connectivity index (χ3n) is 3.42. The summed E-state index contributed by atoms with van der Waals surface area (Å²) in [7, 11) is 0. The van der Waals surface area contributed by atoms with Gasteiger partial charge < -0.3 is 20.3 Å². The lowest BCUT2D eigenvalue weighted by Crippen LogP contribution is -2.47. The monoisotopic (exact) mass is 329 g/mol. The number of hydrogen-bond donors (Lipinski definition) is 3.